The molecule has 0 fully saturated rings. The van der Waals surface area contributed by atoms with Crippen LogP contribution in [0, 0.1) is 0 Å². The van der Waals surface area contributed by atoms with Crippen molar-refractivity contribution in [1.82, 2.24) is 0 Å². The fraction of sp³-hybridized carbons (Fsp3) is 0.208. The Labute approximate surface area is 169 Å². The van der Waals surface area contributed by atoms with Crippen LogP contribution < -0.4 is 9.64 Å². The first-order valence-corrected chi connectivity index (χ1v) is 9.53. The first kappa shape index (κ1) is 19.2. The maximum Gasteiger partial charge on any atom is 0.264 e. The number of anilines is 1. The Balaban J connectivity index is 1.68. The smallest absolute Gasteiger partial charge is 0.264 e. The number of ether oxygens (including phenoxy) is 1. The molecule has 2 N–H and O–H groups in total. The van der Waals surface area contributed by atoms with Gasteiger partial charge < -0.3 is 19.8 Å². The van der Waals surface area contributed by atoms with E-state index in [4.69, 9.17) is 4.74 Å². The van der Waals surface area contributed by atoms with Gasteiger partial charge in [0.1, 0.15) is 5.75 Å². The number of nitrogens with zero attached hydrogens (tertiary/aromatic N) is 1. The number of para-hydroxylation sites is 2. The molecule has 0 spiro atoms. The number of aliphatic hydroxyl groups is 2. The number of rotatable bonds is 6. The number of carbonyl (C=O) groups is 1. The Bertz CT molecular complexity index is 1020. The summed E-state index contributed by atoms with van der Waals surface area (Å²) >= 11 is 0. The molecule has 0 aliphatic carbocycles. The average molecular weight is 389 g/mol. The molecule has 29 heavy (non-hydrogen) atoms. The predicted molar refractivity (Wildman–Crippen MR) is 111 cm³/mol. The zero-order valence-corrected chi connectivity index (χ0v) is 16.2. The van der Waals surface area contributed by atoms with Gasteiger partial charge in [-0.25, -0.2) is 0 Å². The maximum atomic E-state index is 13.3. The molecule has 5 nitrogen and oxygen atoms in total. The summed E-state index contributed by atoms with van der Waals surface area (Å²) in [6.45, 7) is 0.351. The Hall–Kier alpha value is -3.15. The molecule has 0 radical (unpaired) electrons. The van der Waals surface area contributed by atoms with Crippen molar-refractivity contribution in [3.63, 3.8) is 0 Å². The van der Waals surface area contributed by atoms with Crippen molar-refractivity contribution in [3.8, 4) is 5.75 Å². The number of hydrogen-bond acceptors (Lipinski definition) is 4. The number of methoxy groups -OCH3 is 1. The highest BCUT2D eigenvalue weighted by atomic mass is 16.5. The van der Waals surface area contributed by atoms with Gasteiger partial charge >= 0.3 is 0 Å². The third-order valence-corrected chi connectivity index (χ3v) is 5.41. The van der Waals surface area contributed by atoms with E-state index in [0.29, 0.717) is 29.1 Å². The zero-order chi connectivity index (χ0) is 20.4. The molecule has 3 aromatic carbocycles. The Kier molecular flexibility index (Phi) is 5.09. The molecule has 5 heteroatoms. The van der Waals surface area contributed by atoms with Crippen LogP contribution in [-0.4, -0.2) is 23.2 Å². The van der Waals surface area contributed by atoms with Crippen molar-refractivity contribution in [2.24, 2.45) is 0 Å². The number of hydrogen-bond donors (Lipinski definition) is 2. The predicted octanol–water partition coefficient (Wildman–Crippen LogP) is 3.55. The quantitative estimate of drug-likeness (QED) is 0.676. The van der Waals surface area contributed by atoms with Gasteiger partial charge in [0.25, 0.3) is 5.91 Å². The van der Waals surface area contributed by atoms with Crippen molar-refractivity contribution in [1.29, 1.82) is 0 Å². The summed E-state index contributed by atoms with van der Waals surface area (Å²) in [5, 5.41) is 22.3. The summed E-state index contributed by atoms with van der Waals surface area (Å²) in [4.78, 5) is 14.9. The van der Waals surface area contributed by atoms with E-state index in [9.17, 15) is 15.0 Å². The van der Waals surface area contributed by atoms with Gasteiger partial charge in [-0.3, -0.25) is 4.79 Å². The van der Waals surface area contributed by atoms with Crippen LogP contribution in [-0.2, 0) is 16.9 Å². The molecule has 0 bridgehead atoms. The van der Waals surface area contributed by atoms with E-state index >= 15 is 0 Å². The summed E-state index contributed by atoms with van der Waals surface area (Å²) in [6, 6.07) is 23.9. The molecule has 3 aromatic rings. The first-order chi connectivity index (χ1) is 14.0. The second-order valence-electron chi connectivity index (χ2n) is 7.22. The first-order valence-electron chi connectivity index (χ1n) is 9.53. The molecule has 0 saturated heterocycles. The standard InChI is InChI=1S/C24H23NO4/c1-29-22-14-8-5-11-18(22)21(26)15-24(28)19-12-6-7-13-20(19)25(23(24)27)16-17-9-3-2-4-10-17/h2-14,21,26,28H,15-16H2,1H3. The normalized spacial score (nSPS) is 19.1. The molecule has 2 unspecified atom stereocenters. The lowest BCUT2D eigenvalue weighted by Gasteiger charge is -2.26. The van der Waals surface area contributed by atoms with Crippen LogP contribution in [0.25, 0.3) is 0 Å². The van der Waals surface area contributed by atoms with Gasteiger partial charge in [-0.1, -0.05) is 66.7 Å². The highest BCUT2D eigenvalue weighted by Gasteiger charge is 2.50. The second-order valence-corrected chi connectivity index (χ2v) is 7.22. The van der Waals surface area contributed by atoms with Gasteiger partial charge in [-0.05, 0) is 17.7 Å². The molecule has 2 atom stereocenters. The molecular weight excluding hydrogens is 366 g/mol. The zero-order valence-electron chi connectivity index (χ0n) is 16.2. The SMILES string of the molecule is COc1ccccc1C(O)CC1(O)C(=O)N(Cc2ccccc2)c2ccccc21. The van der Waals surface area contributed by atoms with E-state index in [0.717, 1.165) is 5.56 Å². The molecule has 1 heterocycles. The third kappa shape index (κ3) is 3.39. The number of benzene rings is 3. The van der Waals surface area contributed by atoms with Crippen molar-refractivity contribution < 1.29 is 19.7 Å². The van der Waals surface area contributed by atoms with E-state index in [1.807, 2.05) is 42.5 Å². The van der Waals surface area contributed by atoms with Gasteiger partial charge in [0.05, 0.1) is 25.4 Å². The monoisotopic (exact) mass is 389 g/mol. The van der Waals surface area contributed by atoms with Crippen molar-refractivity contribution in [2.75, 3.05) is 12.0 Å². The van der Waals surface area contributed by atoms with Crippen LogP contribution in [0.4, 0.5) is 5.69 Å². The van der Waals surface area contributed by atoms with Crippen LogP contribution in [0.15, 0.2) is 78.9 Å². The Morgan fingerprint density at radius 3 is 2.38 bits per heavy atom. The largest absolute Gasteiger partial charge is 0.496 e. The Morgan fingerprint density at radius 1 is 0.966 bits per heavy atom. The highest BCUT2D eigenvalue weighted by Crippen LogP contribution is 2.46. The number of aliphatic hydroxyl groups excluding tert-OH is 1. The van der Waals surface area contributed by atoms with Gasteiger partial charge in [0.2, 0.25) is 0 Å². The minimum Gasteiger partial charge on any atom is -0.496 e. The van der Waals surface area contributed by atoms with Crippen molar-refractivity contribution in [3.05, 3.63) is 95.6 Å². The molecular formula is C24H23NO4. The fourth-order valence-corrected chi connectivity index (χ4v) is 3.96. The van der Waals surface area contributed by atoms with E-state index in [2.05, 4.69) is 0 Å². The molecule has 1 amide bonds. The van der Waals surface area contributed by atoms with Crippen LogP contribution in [0.3, 0.4) is 0 Å². The van der Waals surface area contributed by atoms with E-state index in [1.54, 1.807) is 41.3 Å². The lowest BCUT2D eigenvalue weighted by atomic mass is 9.87. The number of amides is 1. The summed E-state index contributed by atoms with van der Waals surface area (Å²) in [5.74, 6) is 0.0833. The minimum absolute atomic E-state index is 0.158. The summed E-state index contributed by atoms with van der Waals surface area (Å²) in [6.07, 6.45) is -1.22. The topological polar surface area (TPSA) is 70.0 Å². The average Bonchev–Trinajstić information content (AvgIpc) is 2.96. The fourth-order valence-electron chi connectivity index (χ4n) is 3.96. The van der Waals surface area contributed by atoms with E-state index < -0.39 is 17.6 Å². The van der Waals surface area contributed by atoms with E-state index in [1.165, 1.54) is 7.11 Å². The van der Waals surface area contributed by atoms with Crippen molar-refractivity contribution in [2.45, 2.75) is 24.7 Å². The van der Waals surface area contributed by atoms with E-state index in [-0.39, 0.29) is 6.42 Å². The van der Waals surface area contributed by atoms with Crippen LogP contribution in [0.2, 0.25) is 0 Å². The molecule has 148 valence electrons. The molecule has 0 saturated carbocycles. The summed E-state index contributed by atoms with van der Waals surface area (Å²) in [7, 11) is 1.53. The Morgan fingerprint density at radius 2 is 1.62 bits per heavy atom. The summed E-state index contributed by atoms with van der Waals surface area (Å²) in [5.41, 5.74) is 0.859. The molecule has 1 aliphatic rings. The molecule has 1 aliphatic heterocycles. The van der Waals surface area contributed by atoms with Crippen LogP contribution >= 0.6 is 0 Å². The third-order valence-electron chi connectivity index (χ3n) is 5.41. The highest BCUT2D eigenvalue weighted by molar-refractivity contribution is 6.06. The maximum absolute atomic E-state index is 13.3. The second kappa shape index (κ2) is 7.70. The van der Waals surface area contributed by atoms with Gasteiger partial charge in [-0.2, -0.15) is 0 Å². The minimum atomic E-state index is -1.81. The van der Waals surface area contributed by atoms with Crippen molar-refractivity contribution >= 4 is 11.6 Å². The van der Waals surface area contributed by atoms with Gasteiger partial charge in [-0.15, -0.1) is 0 Å². The molecule has 0 aromatic heterocycles. The number of carbonyl (C=O) groups excluding carboxylic acids is 1. The van der Waals surface area contributed by atoms with Gasteiger partial charge in [0, 0.05) is 17.5 Å². The van der Waals surface area contributed by atoms with Gasteiger partial charge in [0.15, 0.2) is 5.60 Å². The van der Waals surface area contributed by atoms with Crippen LogP contribution in [0.1, 0.15) is 29.2 Å². The lowest BCUT2D eigenvalue weighted by Crippen LogP contribution is -2.41. The van der Waals surface area contributed by atoms with Crippen LogP contribution in [0.5, 0.6) is 5.75 Å². The summed E-state index contributed by atoms with van der Waals surface area (Å²) < 4.78 is 5.32. The number of fused-ring (bicyclic) bond motifs is 1. The lowest BCUT2D eigenvalue weighted by molar-refractivity contribution is -0.139. The molecule has 4 rings (SSSR count).